The first-order chi connectivity index (χ1) is 9.19. The van der Waals surface area contributed by atoms with E-state index in [1.165, 1.54) is 0 Å². The molecule has 0 unspecified atom stereocenters. The summed E-state index contributed by atoms with van der Waals surface area (Å²) >= 11 is 5.75. The molecule has 0 spiro atoms. The Labute approximate surface area is 114 Å². The van der Waals surface area contributed by atoms with Gasteiger partial charge < -0.3 is 13.9 Å². The van der Waals surface area contributed by atoms with Crippen LogP contribution in [0, 0.1) is 0 Å². The molecule has 0 saturated heterocycles. The Hall–Kier alpha value is -2.08. The van der Waals surface area contributed by atoms with Crippen molar-refractivity contribution in [2.75, 3.05) is 6.61 Å². The minimum absolute atomic E-state index is 0.0635. The second-order valence-corrected chi connectivity index (χ2v) is 3.90. The summed E-state index contributed by atoms with van der Waals surface area (Å²) in [5, 5.41) is 7.87. The molecule has 0 bridgehead atoms. The Morgan fingerprint density at radius 3 is 2.74 bits per heavy atom. The van der Waals surface area contributed by atoms with Crippen molar-refractivity contribution in [3.8, 4) is 5.75 Å². The molecule has 0 atom stereocenters. The molecule has 2 aromatic rings. The summed E-state index contributed by atoms with van der Waals surface area (Å²) < 4.78 is 15.2. The molecule has 1 heterocycles. The number of rotatable bonds is 5. The molecule has 0 aliphatic heterocycles. The van der Waals surface area contributed by atoms with Gasteiger partial charge in [-0.05, 0) is 31.2 Å². The lowest BCUT2D eigenvalue weighted by Gasteiger charge is -2.02. The average molecular weight is 283 g/mol. The molecule has 0 saturated carbocycles. The third-order valence-corrected chi connectivity index (χ3v) is 2.34. The van der Waals surface area contributed by atoms with Gasteiger partial charge in [-0.15, -0.1) is 10.2 Å². The maximum Gasteiger partial charge on any atom is 0.396 e. The van der Waals surface area contributed by atoms with Crippen LogP contribution in [0.3, 0.4) is 0 Å². The molecular weight excluding hydrogens is 272 g/mol. The first-order valence-electron chi connectivity index (χ1n) is 5.57. The van der Waals surface area contributed by atoms with Gasteiger partial charge in [0.05, 0.1) is 6.61 Å². The third-order valence-electron chi connectivity index (χ3n) is 2.09. The Balaban J connectivity index is 1.93. The lowest BCUT2D eigenvalue weighted by molar-refractivity contribution is 0.0477. The number of esters is 1. The van der Waals surface area contributed by atoms with Gasteiger partial charge in [0.1, 0.15) is 5.75 Å². The van der Waals surface area contributed by atoms with Gasteiger partial charge in [0.2, 0.25) is 0 Å². The fourth-order valence-electron chi connectivity index (χ4n) is 1.26. The van der Waals surface area contributed by atoms with Gasteiger partial charge in [0.15, 0.2) is 6.61 Å². The van der Waals surface area contributed by atoms with Crippen molar-refractivity contribution in [3.05, 3.63) is 41.1 Å². The first-order valence-corrected chi connectivity index (χ1v) is 5.94. The highest BCUT2D eigenvalue weighted by atomic mass is 35.5. The van der Waals surface area contributed by atoms with Crippen LogP contribution in [0.1, 0.15) is 23.5 Å². The van der Waals surface area contributed by atoms with E-state index < -0.39 is 5.97 Å². The molecule has 0 radical (unpaired) electrons. The minimum atomic E-state index is -0.646. The molecule has 19 heavy (non-hydrogen) atoms. The Morgan fingerprint density at radius 1 is 1.32 bits per heavy atom. The highest BCUT2D eigenvalue weighted by Crippen LogP contribution is 2.16. The molecule has 100 valence electrons. The Kier molecular flexibility index (Phi) is 4.35. The van der Waals surface area contributed by atoms with Crippen molar-refractivity contribution in [2.45, 2.75) is 13.5 Å². The van der Waals surface area contributed by atoms with Gasteiger partial charge in [0, 0.05) is 5.02 Å². The molecule has 0 aliphatic rings. The van der Waals surface area contributed by atoms with Crippen LogP contribution in [0.2, 0.25) is 5.02 Å². The molecule has 0 amide bonds. The van der Waals surface area contributed by atoms with E-state index in [0.717, 1.165) is 0 Å². The number of carbonyl (C=O) groups is 1. The number of nitrogens with zero attached hydrogens (tertiary/aromatic N) is 2. The smallest absolute Gasteiger partial charge is 0.396 e. The number of carbonyl (C=O) groups excluding carboxylic acids is 1. The number of aromatic nitrogens is 2. The second-order valence-electron chi connectivity index (χ2n) is 3.46. The maximum atomic E-state index is 11.3. The third kappa shape index (κ3) is 3.69. The quantitative estimate of drug-likeness (QED) is 0.784. The standard InChI is InChI=1S/C12H11ClN2O4/c1-2-17-12(16)11-15-14-10(19-11)7-18-9-5-3-8(13)4-6-9/h3-6H,2,7H2,1H3. The zero-order valence-corrected chi connectivity index (χ0v) is 10.9. The molecule has 1 aromatic heterocycles. The predicted octanol–water partition coefficient (Wildman–Crippen LogP) is 2.48. The summed E-state index contributed by atoms with van der Waals surface area (Å²) in [6.07, 6.45) is 0. The molecule has 1 aromatic carbocycles. The van der Waals surface area contributed by atoms with Crippen LogP contribution in [0.5, 0.6) is 5.75 Å². The van der Waals surface area contributed by atoms with E-state index in [-0.39, 0.29) is 25.0 Å². The normalized spacial score (nSPS) is 10.2. The molecule has 2 rings (SSSR count). The molecule has 0 N–H and O–H groups in total. The van der Waals surface area contributed by atoms with Gasteiger partial charge in [-0.25, -0.2) is 4.79 Å². The van der Waals surface area contributed by atoms with Gasteiger partial charge in [-0.1, -0.05) is 11.6 Å². The monoisotopic (exact) mass is 282 g/mol. The van der Waals surface area contributed by atoms with Crippen LogP contribution in [0.4, 0.5) is 0 Å². The van der Waals surface area contributed by atoms with E-state index in [4.69, 9.17) is 25.5 Å². The van der Waals surface area contributed by atoms with Crippen LogP contribution >= 0.6 is 11.6 Å². The molecule has 6 nitrogen and oxygen atoms in total. The molecule has 0 aliphatic carbocycles. The summed E-state index contributed by atoms with van der Waals surface area (Å²) in [6.45, 7) is 2.00. The van der Waals surface area contributed by atoms with Crippen molar-refractivity contribution in [1.82, 2.24) is 10.2 Å². The zero-order valence-electron chi connectivity index (χ0n) is 10.1. The SMILES string of the molecule is CCOC(=O)c1nnc(COc2ccc(Cl)cc2)o1. The van der Waals surface area contributed by atoms with E-state index in [0.29, 0.717) is 10.8 Å². The van der Waals surface area contributed by atoms with Crippen LogP contribution < -0.4 is 4.74 Å². The number of hydrogen-bond donors (Lipinski definition) is 0. The summed E-state index contributed by atoms with van der Waals surface area (Å²) in [4.78, 5) is 11.3. The largest absolute Gasteiger partial charge is 0.484 e. The highest BCUT2D eigenvalue weighted by molar-refractivity contribution is 6.30. The molecular formula is C12H11ClN2O4. The first kappa shape index (κ1) is 13.4. The van der Waals surface area contributed by atoms with Crippen LogP contribution in [0.15, 0.2) is 28.7 Å². The summed E-state index contributed by atoms with van der Waals surface area (Å²) in [5.74, 6) is -0.0254. The number of halogens is 1. The minimum Gasteiger partial charge on any atom is -0.484 e. The second kappa shape index (κ2) is 6.19. The van der Waals surface area contributed by atoms with E-state index in [2.05, 4.69) is 10.2 Å². The molecule has 7 heteroatoms. The van der Waals surface area contributed by atoms with Crippen molar-refractivity contribution >= 4 is 17.6 Å². The highest BCUT2D eigenvalue weighted by Gasteiger charge is 2.15. The zero-order chi connectivity index (χ0) is 13.7. The van der Waals surface area contributed by atoms with Gasteiger partial charge in [-0.3, -0.25) is 0 Å². The lowest BCUT2D eigenvalue weighted by atomic mass is 10.3. The molecule has 0 fully saturated rings. The van der Waals surface area contributed by atoms with Crippen molar-refractivity contribution in [2.24, 2.45) is 0 Å². The average Bonchev–Trinajstić information content (AvgIpc) is 2.87. The fourth-order valence-corrected chi connectivity index (χ4v) is 1.39. The van der Waals surface area contributed by atoms with Crippen molar-refractivity contribution in [1.29, 1.82) is 0 Å². The van der Waals surface area contributed by atoms with E-state index in [1.807, 2.05) is 0 Å². The van der Waals surface area contributed by atoms with E-state index in [1.54, 1.807) is 31.2 Å². The number of benzene rings is 1. The van der Waals surface area contributed by atoms with Gasteiger partial charge in [-0.2, -0.15) is 0 Å². The van der Waals surface area contributed by atoms with Crippen molar-refractivity contribution in [3.63, 3.8) is 0 Å². The number of ether oxygens (including phenoxy) is 2. The Bertz CT molecular complexity index is 553. The van der Waals surface area contributed by atoms with Gasteiger partial charge in [0.25, 0.3) is 5.89 Å². The van der Waals surface area contributed by atoms with Crippen LogP contribution in [0.25, 0.3) is 0 Å². The fraction of sp³-hybridized carbons (Fsp3) is 0.250. The summed E-state index contributed by atoms with van der Waals surface area (Å²) in [5.41, 5.74) is 0. The predicted molar refractivity (Wildman–Crippen MR) is 66.0 cm³/mol. The van der Waals surface area contributed by atoms with E-state index in [9.17, 15) is 4.79 Å². The summed E-state index contributed by atoms with van der Waals surface area (Å²) in [7, 11) is 0. The number of hydrogen-bond acceptors (Lipinski definition) is 6. The van der Waals surface area contributed by atoms with Gasteiger partial charge >= 0.3 is 11.9 Å². The van der Waals surface area contributed by atoms with Crippen LogP contribution in [-0.2, 0) is 11.3 Å². The Morgan fingerprint density at radius 2 is 2.05 bits per heavy atom. The van der Waals surface area contributed by atoms with E-state index >= 15 is 0 Å². The van der Waals surface area contributed by atoms with Crippen LogP contribution in [-0.4, -0.2) is 22.8 Å². The topological polar surface area (TPSA) is 74.5 Å². The van der Waals surface area contributed by atoms with Crippen molar-refractivity contribution < 1.29 is 18.7 Å². The summed E-state index contributed by atoms with van der Waals surface area (Å²) in [6, 6.07) is 6.83. The lowest BCUT2D eigenvalue weighted by Crippen LogP contribution is -2.04. The maximum absolute atomic E-state index is 11.3.